The third-order valence-electron chi connectivity index (χ3n) is 2.35. The van der Waals surface area contributed by atoms with Crippen molar-refractivity contribution in [3.05, 3.63) is 59.7 Å². The van der Waals surface area contributed by atoms with E-state index in [-0.39, 0.29) is 6.61 Å². The molecule has 0 amide bonds. The first-order valence-electron chi connectivity index (χ1n) is 5.35. The highest BCUT2D eigenvalue weighted by atomic mass is 17.1. The molecule has 90 valence electrons. The first kappa shape index (κ1) is 12.1. The highest BCUT2D eigenvalue weighted by Crippen LogP contribution is 2.22. The largest absolute Gasteiger partial charge is 0.457 e. The average Bonchev–Trinajstić information content (AvgIpc) is 2.40. The van der Waals surface area contributed by atoms with E-state index in [0.29, 0.717) is 17.1 Å². The Morgan fingerprint density at radius 3 is 2.50 bits per heavy atom. The second kappa shape index (κ2) is 5.82. The van der Waals surface area contributed by atoms with Crippen LogP contribution in [-0.4, -0.2) is 5.26 Å². The molecule has 0 aliphatic rings. The van der Waals surface area contributed by atoms with Crippen LogP contribution in [0.2, 0.25) is 0 Å². The van der Waals surface area contributed by atoms with Crippen LogP contribution in [0.3, 0.4) is 0 Å². The summed E-state index contributed by atoms with van der Waals surface area (Å²) in [6, 6.07) is 16.1. The summed E-state index contributed by atoms with van der Waals surface area (Å²) in [6.07, 6.45) is 0. The van der Waals surface area contributed by atoms with Crippen LogP contribution in [0.25, 0.3) is 0 Å². The zero-order valence-corrected chi connectivity index (χ0v) is 9.54. The van der Waals surface area contributed by atoms with E-state index in [1.807, 2.05) is 18.2 Å². The van der Waals surface area contributed by atoms with Gasteiger partial charge in [0.05, 0.1) is 11.6 Å². The zero-order valence-electron chi connectivity index (χ0n) is 9.54. The van der Waals surface area contributed by atoms with Crippen LogP contribution in [0.1, 0.15) is 11.1 Å². The molecule has 0 aromatic heterocycles. The number of nitriles is 1. The fourth-order valence-corrected chi connectivity index (χ4v) is 1.51. The summed E-state index contributed by atoms with van der Waals surface area (Å²) in [6.45, 7) is 0.116. The molecule has 2 aromatic rings. The van der Waals surface area contributed by atoms with Crippen molar-refractivity contribution in [2.75, 3.05) is 0 Å². The van der Waals surface area contributed by atoms with Gasteiger partial charge in [-0.05, 0) is 42.0 Å². The summed E-state index contributed by atoms with van der Waals surface area (Å²) < 4.78 is 5.62. The lowest BCUT2D eigenvalue weighted by molar-refractivity contribution is -0.253. The van der Waals surface area contributed by atoms with Gasteiger partial charge in [-0.2, -0.15) is 5.26 Å². The van der Waals surface area contributed by atoms with Gasteiger partial charge in [0.1, 0.15) is 18.1 Å². The molecule has 0 saturated carbocycles. The molecule has 2 aromatic carbocycles. The fraction of sp³-hybridized carbons (Fsp3) is 0.0714. The van der Waals surface area contributed by atoms with Gasteiger partial charge < -0.3 is 4.74 Å². The molecule has 0 fully saturated rings. The molecule has 1 N–H and O–H groups in total. The Morgan fingerprint density at radius 1 is 1.06 bits per heavy atom. The van der Waals surface area contributed by atoms with Crippen LogP contribution in [0.15, 0.2) is 48.5 Å². The van der Waals surface area contributed by atoms with Crippen LogP contribution < -0.4 is 4.74 Å². The second-order valence-corrected chi connectivity index (χ2v) is 3.66. The summed E-state index contributed by atoms with van der Waals surface area (Å²) in [5, 5.41) is 17.1. The SMILES string of the molecule is N#Cc1ccc(Oc2cccc(COO)c2)cc1. The van der Waals surface area contributed by atoms with E-state index < -0.39 is 0 Å². The van der Waals surface area contributed by atoms with E-state index in [4.69, 9.17) is 15.3 Å². The van der Waals surface area contributed by atoms with Gasteiger partial charge in [-0.15, -0.1) is 0 Å². The molecule has 0 heterocycles. The Labute approximate surface area is 105 Å². The van der Waals surface area contributed by atoms with Crippen molar-refractivity contribution in [2.24, 2.45) is 0 Å². The Kier molecular flexibility index (Phi) is 3.92. The average molecular weight is 241 g/mol. The summed E-state index contributed by atoms with van der Waals surface area (Å²) in [7, 11) is 0. The Balaban J connectivity index is 2.12. The molecule has 0 spiro atoms. The maximum atomic E-state index is 8.69. The molecule has 18 heavy (non-hydrogen) atoms. The molecule has 4 heteroatoms. The third-order valence-corrected chi connectivity index (χ3v) is 2.35. The molecule has 0 aliphatic heterocycles. The van der Waals surface area contributed by atoms with Crippen molar-refractivity contribution in [1.29, 1.82) is 5.26 Å². The fourth-order valence-electron chi connectivity index (χ4n) is 1.51. The van der Waals surface area contributed by atoms with Gasteiger partial charge in [-0.1, -0.05) is 12.1 Å². The standard InChI is InChI=1S/C14H11NO3/c15-9-11-4-6-13(7-5-11)18-14-3-1-2-12(8-14)10-17-16/h1-8,16H,10H2. The maximum absolute atomic E-state index is 8.69. The van der Waals surface area contributed by atoms with Gasteiger partial charge >= 0.3 is 0 Å². The van der Waals surface area contributed by atoms with Crippen LogP contribution in [0, 0.1) is 11.3 Å². The molecule has 0 radical (unpaired) electrons. The first-order valence-corrected chi connectivity index (χ1v) is 5.35. The predicted molar refractivity (Wildman–Crippen MR) is 65.1 cm³/mol. The van der Waals surface area contributed by atoms with Gasteiger partial charge in [-0.3, -0.25) is 5.26 Å². The quantitative estimate of drug-likeness (QED) is 0.658. The normalized spacial score (nSPS) is 9.78. The molecule has 0 saturated heterocycles. The minimum absolute atomic E-state index is 0.116. The number of hydrogen-bond acceptors (Lipinski definition) is 4. The summed E-state index contributed by atoms with van der Waals surface area (Å²) in [5.41, 5.74) is 1.40. The van der Waals surface area contributed by atoms with E-state index in [1.54, 1.807) is 36.4 Å². The lowest BCUT2D eigenvalue weighted by Crippen LogP contribution is -1.89. The van der Waals surface area contributed by atoms with E-state index >= 15 is 0 Å². The second-order valence-electron chi connectivity index (χ2n) is 3.66. The Hall–Kier alpha value is -2.35. The maximum Gasteiger partial charge on any atom is 0.127 e. The van der Waals surface area contributed by atoms with Gasteiger partial charge in [-0.25, -0.2) is 4.89 Å². The number of ether oxygens (including phenoxy) is 1. The highest BCUT2D eigenvalue weighted by Gasteiger charge is 2.00. The van der Waals surface area contributed by atoms with Gasteiger partial charge in [0.25, 0.3) is 0 Å². The smallest absolute Gasteiger partial charge is 0.127 e. The van der Waals surface area contributed by atoms with Crippen molar-refractivity contribution in [1.82, 2.24) is 0 Å². The number of rotatable bonds is 4. The van der Waals surface area contributed by atoms with Gasteiger partial charge in [0, 0.05) is 0 Å². The number of benzene rings is 2. The van der Waals surface area contributed by atoms with Crippen LogP contribution in [-0.2, 0) is 11.5 Å². The summed E-state index contributed by atoms with van der Waals surface area (Å²) >= 11 is 0. The highest BCUT2D eigenvalue weighted by molar-refractivity contribution is 5.38. The molecule has 0 unspecified atom stereocenters. The van der Waals surface area contributed by atoms with E-state index in [0.717, 1.165) is 5.56 Å². The number of hydrogen-bond donors (Lipinski definition) is 1. The van der Waals surface area contributed by atoms with Gasteiger partial charge in [0.15, 0.2) is 0 Å². The van der Waals surface area contributed by atoms with E-state index in [9.17, 15) is 0 Å². The van der Waals surface area contributed by atoms with Crippen molar-refractivity contribution in [3.8, 4) is 17.6 Å². The van der Waals surface area contributed by atoms with Crippen molar-refractivity contribution < 1.29 is 14.9 Å². The molecular weight excluding hydrogens is 230 g/mol. The molecule has 2 rings (SSSR count). The number of nitrogens with zero attached hydrogens (tertiary/aromatic N) is 1. The summed E-state index contributed by atoms with van der Waals surface area (Å²) in [5.74, 6) is 1.30. The van der Waals surface area contributed by atoms with Crippen molar-refractivity contribution >= 4 is 0 Å². The van der Waals surface area contributed by atoms with E-state index in [2.05, 4.69) is 4.89 Å². The monoisotopic (exact) mass is 241 g/mol. The van der Waals surface area contributed by atoms with Crippen molar-refractivity contribution in [2.45, 2.75) is 6.61 Å². The molecular formula is C14H11NO3. The molecule has 4 nitrogen and oxygen atoms in total. The lowest BCUT2D eigenvalue weighted by Gasteiger charge is -2.07. The minimum atomic E-state index is 0.116. The molecule has 0 atom stereocenters. The van der Waals surface area contributed by atoms with Crippen LogP contribution in [0.5, 0.6) is 11.5 Å². The minimum Gasteiger partial charge on any atom is -0.457 e. The third kappa shape index (κ3) is 3.08. The summed E-state index contributed by atoms with van der Waals surface area (Å²) in [4.78, 5) is 4.07. The topological polar surface area (TPSA) is 62.5 Å². The predicted octanol–water partition coefficient (Wildman–Crippen LogP) is 3.34. The molecule has 0 bridgehead atoms. The van der Waals surface area contributed by atoms with Gasteiger partial charge in [0.2, 0.25) is 0 Å². The van der Waals surface area contributed by atoms with Crippen molar-refractivity contribution in [3.63, 3.8) is 0 Å². The first-order chi connectivity index (χ1) is 8.81. The Bertz CT molecular complexity index is 558. The van der Waals surface area contributed by atoms with Crippen LogP contribution >= 0.6 is 0 Å². The Morgan fingerprint density at radius 2 is 1.83 bits per heavy atom. The van der Waals surface area contributed by atoms with E-state index in [1.165, 1.54) is 0 Å². The zero-order chi connectivity index (χ0) is 12.8. The molecule has 0 aliphatic carbocycles. The lowest BCUT2D eigenvalue weighted by atomic mass is 10.2. The van der Waals surface area contributed by atoms with Crippen LogP contribution in [0.4, 0.5) is 0 Å².